The fourth-order valence-corrected chi connectivity index (χ4v) is 7.01. The molecule has 0 rings (SSSR count). The fourth-order valence-electron chi connectivity index (χ4n) is 7.01. The van der Waals surface area contributed by atoms with Crippen molar-refractivity contribution in [3.05, 3.63) is 0 Å². The highest BCUT2D eigenvalue weighted by atomic mass is 16.4. The first kappa shape index (κ1) is 59.9. The number of amides is 3. The van der Waals surface area contributed by atoms with Crippen molar-refractivity contribution in [3.8, 4) is 0 Å². The fraction of sp³-hybridized carbons (Fsp3) is 0.756. The van der Waals surface area contributed by atoms with E-state index in [2.05, 4.69) is 16.0 Å². The molecule has 9 N–H and O–H groups in total. The van der Waals surface area contributed by atoms with Gasteiger partial charge in [0.15, 0.2) is 5.78 Å². The molecule has 5 atom stereocenters. The van der Waals surface area contributed by atoms with Gasteiger partial charge in [-0.1, -0.05) is 77.0 Å². The molecule has 3 amide bonds. The second-order valence-corrected chi connectivity index (χ2v) is 16.7. The molecule has 0 aliphatic carbocycles. The third-order valence-corrected chi connectivity index (χ3v) is 11.0. The van der Waals surface area contributed by atoms with Gasteiger partial charge in [0.2, 0.25) is 17.7 Å². The maximum atomic E-state index is 13.0. The average Bonchev–Trinajstić information content (AvgIpc) is 3.24. The first-order valence-electron chi connectivity index (χ1n) is 22.8. The number of rotatable bonds is 43. The van der Waals surface area contributed by atoms with E-state index < -0.39 is 147 Å². The van der Waals surface area contributed by atoms with Gasteiger partial charge in [0.25, 0.3) is 0 Å². The maximum Gasteiger partial charge on any atom is 0.326 e. The van der Waals surface area contributed by atoms with Crippen molar-refractivity contribution in [1.29, 1.82) is 0 Å². The zero-order valence-corrected chi connectivity index (χ0v) is 37.9. The SMILES string of the molecule is CC(=O)CNC(=O)[C@H](CO)CC(=O)[C@H](CCC(=O)O)NC(=O)[C@H](CO)CC(=O)CC[C@H](NC(=O)CCC(CC(=O)CCCCCCCCCCCCCCCCC(=O)O)C(=O)O)C(=O)O. The summed E-state index contributed by atoms with van der Waals surface area (Å²) in [6, 6.07) is -3.08. The number of carbonyl (C=O) groups is 11. The van der Waals surface area contributed by atoms with Crippen LogP contribution in [0.3, 0.4) is 0 Å². The third kappa shape index (κ3) is 31.4. The van der Waals surface area contributed by atoms with Gasteiger partial charge in [-0.05, 0) is 39.0 Å². The van der Waals surface area contributed by atoms with Crippen molar-refractivity contribution in [1.82, 2.24) is 16.0 Å². The lowest BCUT2D eigenvalue weighted by molar-refractivity contribution is -0.145. The molecule has 0 heterocycles. The number of nitrogens with one attached hydrogen (secondary N) is 3. The molecule has 0 aromatic rings. The molecule has 20 heteroatoms. The number of aliphatic hydroxyl groups excluding tert-OH is 2. The first-order valence-corrected chi connectivity index (χ1v) is 22.8. The van der Waals surface area contributed by atoms with Crippen LogP contribution in [0.2, 0.25) is 0 Å². The Morgan fingerprint density at radius 2 is 0.877 bits per heavy atom. The summed E-state index contributed by atoms with van der Waals surface area (Å²) in [6.45, 7) is -0.873. The zero-order valence-electron chi connectivity index (χ0n) is 37.9. The molecule has 0 saturated heterocycles. The van der Waals surface area contributed by atoms with E-state index in [1.54, 1.807) is 0 Å². The summed E-state index contributed by atoms with van der Waals surface area (Å²) in [6.07, 6.45) is 10.6. The van der Waals surface area contributed by atoms with E-state index in [0.717, 1.165) is 70.6 Å². The highest BCUT2D eigenvalue weighted by Crippen LogP contribution is 2.18. The van der Waals surface area contributed by atoms with E-state index in [1.165, 1.54) is 19.8 Å². The molecule has 370 valence electrons. The molecular weight excluding hydrogens is 854 g/mol. The number of ketones is 4. The van der Waals surface area contributed by atoms with Crippen molar-refractivity contribution < 1.29 is 83.4 Å². The van der Waals surface area contributed by atoms with Gasteiger partial charge in [0.1, 0.15) is 23.4 Å². The van der Waals surface area contributed by atoms with Gasteiger partial charge in [-0.15, -0.1) is 0 Å². The van der Waals surface area contributed by atoms with Crippen LogP contribution in [0.5, 0.6) is 0 Å². The summed E-state index contributed by atoms with van der Waals surface area (Å²) in [5, 5.41) is 63.4. The van der Waals surface area contributed by atoms with Crippen LogP contribution < -0.4 is 16.0 Å². The first-order chi connectivity index (χ1) is 30.8. The third-order valence-electron chi connectivity index (χ3n) is 11.0. The monoisotopic (exact) mass is 927 g/mol. The number of aliphatic hydroxyl groups is 2. The van der Waals surface area contributed by atoms with Gasteiger partial charge in [-0.2, -0.15) is 0 Å². The number of Topliss-reactive ketones (excluding diaryl/α,β-unsaturated/α-hetero) is 4. The van der Waals surface area contributed by atoms with Crippen molar-refractivity contribution >= 4 is 64.7 Å². The summed E-state index contributed by atoms with van der Waals surface area (Å²) < 4.78 is 0. The standard InChI is InChI=1S/C45H73N3O17/c1-30(51)27-46-42(60)33(29-50)26-38(54)36(21-23-41(58)59)48-43(61)32(28-49)25-35(53)19-20-37(45(64)65)47-39(55)22-18-31(44(62)63)24-34(52)16-14-12-10-8-6-4-2-3-5-7-9-11-13-15-17-40(56)57/h31-33,36-37,49-50H,2-29H2,1H3,(H,46,60)(H,47,55)(H,48,61)(H,56,57)(H,58,59)(H,62,63)(H,64,65)/t31?,32-,33-,36-,37-/m0/s1. The van der Waals surface area contributed by atoms with E-state index in [1.807, 2.05) is 0 Å². The summed E-state index contributed by atoms with van der Waals surface area (Å²) >= 11 is 0. The van der Waals surface area contributed by atoms with E-state index in [4.69, 9.17) is 10.2 Å². The minimum Gasteiger partial charge on any atom is -0.481 e. The van der Waals surface area contributed by atoms with E-state index >= 15 is 0 Å². The molecule has 0 aliphatic heterocycles. The predicted molar refractivity (Wildman–Crippen MR) is 233 cm³/mol. The smallest absolute Gasteiger partial charge is 0.326 e. The number of carbonyl (C=O) groups excluding carboxylic acids is 7. The van der Waals surface area contributed by atoms with E-state index in [0.29, 0.717) is 6.42 Å². The molecule has 65 heavy (non-hydrogen) atoms. The van der Waals surface area contributed by atoms with Crippen molar-refractivity contribution in [2.24, 2.45) is 17.8 Å². The van der Waals surface area contributed by atoms with Gasteiger partial charge in [0, 0.05) is 51.4 Å². The van der Waals surface area contributed by atoms with Crippen molar-refractivity contribution in [2.75, 3.05) is 19.8 Å². The number of hydrogen-bond acceptors (Lipinski definition) is 13. The van der Waals surface area contributed by atoms with Crippen LogP contribution in [0.25, 0.3) is 0 Å². The number of hydrogen-bond donors (Lipinski definition) is 9. The van der Waals surface area contributed by atoms with E-state index in [-0.39, 0.29) is 38.0 Å². The van der Waals surface area contributed by atoms with Crippen LogP contribution in [0, 0.1) is 17.8 Å². The molecular formula is C45H73N3O17. The Kier molecular flexibility index (Phi) is 33.3. The second-order valence-electron chi connectivity index (χ2n) is 16.7. The highest BCUT2D eigenvalue weighted by Gasteiger charge is 2.31. The van der Waals surface area contributed by atoms with Gasteiger partial charge in [-0.25, -0.2) is 4.79 Å². The Hall–Kier alpha value is -5.11. The summed E-state index contributed by atoms with van der Waals surface area (Å²) in [7, 11) is 0. The predicted octanol–water partition coefficient (Wildman–Crippen LogP) is 3.29. The Morgan fingerprint density at radius 1 is 0.431 bits per heavy atom. The Morgan fingerprint density at radius 3 is 1.34 bits per heavy atom. The van der Waals surface area contributed by atoms with Crippen molar-refractivity contribution in [2.45, 2.75) is 180 Å². The average molecular weight is 928 g/mol. The van der Waals surface area contributed by atoms with Gasteiger partial charge in [0.05, 0.1) is 43.6 Å². The van der Waals surface area contributed by atoms with Crippen LogP contribution in [0.1, 0.15) is 167 Å². The number of carboxylic acid groups (broad SMARTS) is 4. The number of aliphatic carboxylic acids is 4. The Bertz CT molecular complexity index is 1550. The molecule has 0 spiro atoms. The van der Waals surface area contributed by atoms with Crippen LogP contribution >= 0.6 is 0 Å². The number of unbranched alkanes of at least 4 members (excludes halogenated alkanes) is 13. The topological polar surface area (TPSA) is 345 Å². The second kappa shape index (κ2) is 36.1. The minimum atomic E-state index is -1.58. The molecule has 0 bridgehead atoms. The molecule has 0 saturated carbocycles. The molecule has 0 fully saturated rings. The Labute approximate surface area is 380 Å². The van der Waals surface area contributed by atoms with Crippen LogP contribution in [0.4, 0.5) is 0 Å². The summed E-state index contributed by atoms with van der Waals surface area (Å²) in [5.41, 5.74) is 0. The molecule has 0 aromatic carbocycles. The zero-order chi connectivity index (χ0) is 49.2. The largest absolute Gasteiger partial charge is 0.481 e. The molecule has 1 unspecified atom stereocenters. The minimum absolute atomic E-state index is 0.207. The molecule has 0 aliphatic rings. The van der Waals surface area contributed by atoms with Crippen LogP contribution in [0.15, 0.2) is 0 Å². The van der Waals surface area contributed by atoms with Crippen LogP contribution in [-0.2, 0) is 52.7 Å². The van der Waals surface area contributed by atoms with E-state index in [9.17, 15) is 73.2 Å². The normalized spacial score (nSPS) is 13.3. The molecule has 0 aromatic heterocycles. The summed E-state index contributed by atoms with van der Waals surface area (Å²) in [4.78, 5) is 133. The van der Waals surface area contributed by atoms with Crippen molar-refractivity contribution in [3.63, 3.8) is 0 Å². The lowest BCUT2D eigenvalue weighted by Crippen LogP contribution is -2.47. The highest BCUT2D eigenvalue weighted by molar-refractivity contribution is 5.95. The Balaban J connectivity index is 4.80. The number of carboxylic acids is 4. The van der Waals surface area contributed by atoms with Gasteiger partial charge in [-0.3, -0.25) is 47.9 Å². The van der Waals surface area contributed by atoms with Gasteiger partial charge >= 0.3 is 23.9 Å². The molecule has 0 radical (unpaired) electrons. The maximum absolute atomic E-state index is 13.0. The van der Waals surface area contributed by atoms with Crippen LogP contribution in [-0.4, -0.2) is 127 Å². The lowest BCUT2D eigenvalue weighted by atomic mass is 9.94. The summed E-state index contributed by atoms with van der Waals surface area (Å²) in [5.74, 6) is -13.7. The molecule has 20 nitrogen and oxygen atoms in total. The lowest BCUT2D eigenvalue weighted by Gasteiger charge is -2.22. The quantitative estimate of drug-likeness (QED) is 0.0396. The van der Waals surface area contributed by atoms with Gasteiger partial charge < -0.3 is 46.6 Å².